The molecule has 1 aliphatic carbocycles. The molecule has 5 rings (SSSR count). The van der Waals surface area contributed by atoms with Crippen LogP contribution in [0, 0.1) is 10.8 Å². The first-order chi connectivity index (χ1) is 13.2. The topological polar surface area (TPSA) is 110 Å². The number of aromatic nitrogens is 2. The van der Waals surface area contributed by atoms with Crippen molar-refractivity contribution in [3.8, 4) is 17.1 Å². The van der Waals surface area contributed by atoms with E-state index in [2.05, 4.69) is 20.5 Å². The lowest BCUT2D eigenvalue weighted by Crippen LogP contribution is -2.12. The molecule has 134 valence electrons. The smallest absolute Gasteiger partial charge is 0.227 e. The fourth-order valence-electron chi connectivity index (χ4n) is 3.50. The van der Waals surface area contributed by atoms with Crippen LogP contribution in [0.2, 0.25) is 0 Å². The second-order valence-electron chi connectivity index (χ2n) is 6.86. The molecule has 1 aliphatic rings. The van der Waals surface area contributed by atoms with Crippen molar-refractivity contribution in [2.75, 3.05) is 5.32 Å². The number of para-hydroxylation sites is 1. The zero-order chi connectivity index (χ0) is 18.5. The summed E-state index contributed by atoms with van der Waals surface area (Å²) in [6.07, 6.45) is 1.85. The van der Waals surface area contributed by atoms with E-state index < -0.39 is 0 Å². The second kappa shape index (κ2) is 5.70. The summed E-state index contributed by atoms with van der Waals surface area (Å²) in [6, 6.07) is 12.7. The molecule has 1 amide bonds. The van der Waals surface area contributed by atoms with Gasteiger partial charge in [-0.2, -0.15) is 0 Å². The lowest BCUT2D eigenvalue weighted by Gasteiger charge is -2.05. The van der Waals surface area contributed by atoms with Crippen LogP contribution in [-0.2, 0) is 4.79 Å². The Morgan fingerprint density at radius 3 is 2.63 bits per heavy atom. The van der Waals surface area contributed by atoms with Gasteiger partial charge in [-0.15, -0.1) is 4.91 Å². The Bertz CT molecular complexity index is 1220. The number of nitrogens with zero attached hydrogens (tertiary/aromatic N) is 1. The molecule has 0 aliphatic heterocycles. The van der Waals surface area contributed by atoms with Crippen molar-refractivity contribution in [1.29, 1.82) is 0 Å². The largest absolute Gasteiger partial charge is 0.494 e. The van der Waals surface area contributed by atoms with Crippen molar-refractivity contribution >= 4 is 39.1 Å². The monoisotopic (exact) mass is 360 g/mol. The Morgan fingerprint density at radius 1 is 1.07 bits per heavy atom. The van der Waals surface area contributed by atoms with Crippen molar-refractivity contribution in [1.82, 2.24) is 9.97 Å². The van der Waals surface area contributed by atoms with Crippen LogP contribution in [-0.4, -0.2) is 21.0 Å². The number of aromatic amines is 2. The van der Waals surface area contributed by atoms with E-state index in [4.69, 9.17) is 0 Å². The second-order valence-corrected chi connectivity index (χ2v) is 6.86. The maximum absolute atomic E-state index is 12.1. The number of anilines is 1. The minimum absolute atomic E-state index is 0.0107. The summed E-state index contributed by atoms with van der Waals surface area (Å²) in [5, 5.41) is 18.0. The van der Waals surface area contributed by atoms with Crippen LogP contribution >= 0.6 is 0 Å². The molecule has 2 aromatic heterocycles. The van der Waals surface area contributed by atoms with Crippen molar-refractivity contribution in [3.05, 3.63) is 47.4 Å². The van der Waals surface area contributed by atoms with Crippen LogP contribution < -0.4 is 5.32 Å². The minimum Gasteiger partial charge on any atom is -0.494 e. The Labute approximate surface area is 153 Å². The molecule has 0 bridgehead atoms. The highest BCUT2D eigenvalue weighted by Crippen LogP contribution is 2.44. The Kier molecular flexibility index (Phi) is 3.30. The molecule has 4 N–H and O–H groups in total. The van der Waals surface area contributed by atoms with Gasteiger partial charge in [0.1, 0.15) is 5.69 Å². The van der Waals surface area contributed by atoms with E-state index in [-0.39, 0.29) is 23.4 Å². The average molecular weight is 360 g/mol. The normalized spacial score (nSPS) is 13.9. The maximum Gasteiger partial charge on any atom is 0.227 e. The summed E-state index contributed by atoms with van der Waals surface area (Å²) in [5.74, 6) is 0.0445. The number of H-pyrrole nitrogens is 2. The average Bonchev–Trinajstić information content (AvgIpc) is 3.38. The molecule has 4 aromatic rings. The van der Waals surface area contributed by atoms with Crippen molar-refractivity contribution in [3.63, 3.8) is 0 Å². The first kappa shape index (κ1) is 15.6. The van der Waals surface area contributed by atoms with Gasteiger partial charge in [-0.1, -0.05) is 18.2 Å². The third-order valence-corrected chi connectivity index (χ3v) is 5.01. The Morgan fingerprint density at radius 2 is 1.85 bits per heavy atom. The van der Waals surface area contributed by atoms with E-state index in [9.17, 15) is 14.8 Å². The van der Waals surface area contributed by atoms with Crippen LogP contribution in [0.25, 0.3) is 33.1 Å². The number of nitroso groups, excluding NO2 is 1. The number of hydrogen-bond donors (Lipinski definition) is 4. The molecule has 2 aromatic carbocycles. The van der Waals surface area contributed by atoms with Gasteiger partial charge in [-0.05, 0) is 42.3 Å². The Hall–Kier alpha value is -3.61. The predicted molar refractivity (Wildman–Crippen MR) is 104 cm³/mol. The number of rotatable bonds is 4. The number of benzene rings is 2. The molecule has 0 radical (unpaired) electrons. The van der Waals surface area contributed by atoms with Gasteiger partial charge in [0.25, 0.3) is 0 Å². The summed E-state index contributed by atoms with van der Waals surface area (Å²) in [7, 11) is 0. The highest BCUT2D eigenvalue weighted by molar-refractivity contribution is 6.08. The number of carbonyl (C=O) groups is 1. The predicted octanol–water partition coefficient (Wildman–Crippen LogP) is 4.77. The van der Waals surface area contributed by atoms with Gasteiger partial charge in [0.05, 0.1) is 11.3 Å². The standard InChI is InChI=1S/C20H16N4O3/c25-19(10-5-6-10)21-11-7-8-15-13(9-11)16(20(26)23-15)18-17(24-27)12-3-1-2-4-14(12)22-18/h1-4,7-10,22-23,26H,5-6H2,(H,21,25). The molecule has 0 saturated heterocycles. The molecule has 1 saturated carbocycles. The van der Waals surface area contributed by atoms with Crippen LogP contribution in [0.5, 0.6) is 5.88 Å². The molecule has 0 atom stereocenters. The Balaban J connectivity index is 1.69. The van der Waals surface area contributed by atoms with Crippen LogP contribution in [0.1, 0.15) is 12.8 Å². The summed E-state index contributed by atoms with van der Waals surface area (Å²) < 4.78 is 0. The van der Waals surface area contributed by atoms with Gasteiger partial charge in [0.15, 0.2) is 5.88 Å². The van der Waals surface area contributed by atoms with Gasteiger partial charge >= 0.3 is 0 Å². The molecular formula is C20H16N4O3. The number of fused-ring (bicyclic) bond motifs is 2. The number of amides is 1. The lowest BCUT2D eigenvalue weighted by molar-refractivity contribution is -0.117. The number of hydrogen-bond acceptors (Lipinski definition) is 4. The molecule has 0 spiro atoms. The highest BCUT2D eigenvalue weighted by Gasteiger charge is 2.29. The summed E-state index contributed by atoms with van der Waals surface area (Å²) >= 11 is 0. The van der Waals surface area contributed by atoms with E-state index in [0.717, 1.165) is 18.4 Å². The fourth-order valence-corrected chi connectivity index (χ4v) is 3.50. The third kappa shape index (κ3) is 2.47. The first-order valence-electron chi connectivity index (χ1n) is 8.75. The molecule has 7 nitrogen and oxygen atoms in total. The zero-order valence-corrected chi connectivity index (χ0v) is 14.2. The summed E-state index contributed by atoms with van der Waals surface area (Å²) in [5.41, 5.74) is 3.25. The van der Waals surface area contributed by atoms with E-state index in [0.29, 0.717) is 33.2 Å². The van der Waals surface area contributed by atoms with E-state index in [1.54, 1.807) is 24.3 Å². The van der Waals surface area contributed by atoms with E-state index >= 15 is 0 Å². The minimum atomic E-state index is -0.0628. The number of aromatic hydroxyl groups is 1. The first-order valence-corrected chi connectivity index (χ1v) is 8.75. The molecular weight excluding hydrogens is 344 g/mol. The van der Waals surface area contributed by atoms with Crippen LogP contribution in [0.4, 0.5) is 11.4 Å². The van der Waals surface area contributed by atoms with Gasteiger partial charge in [-0.3, -0.25) is 4.79 Å². The quantitative estimate of drug-likeness (QED) is 0.393. The van der Waals surface area contributed by atoms with Crippen LogP contribution in [0.15, 0.2) is 47.6 Å². The van der Waals surface area contributed by atoms with Crippen molar-refractivity contribution in [2.24, 2.45) is 11.1 Å². The van der Waals surface area contributed by atoms with Gasteiger partial charge in [-0.25, -0.2) is 0 Å². The maximum atomic E-state index is 12.1. The molecule has 0 unspecified atom stereocenters. The highest BCUT2D eigenvalue weighted by atomic mass is 16.3. The van der Waals surface area contributed by atoms with Gasteiger partial charge < -0.3 is 20.4 Å². The number of nitrogens with one attached hydrogen (secondary N) is 3. The molecule has 1 fully saturated rings. The molecule has 27 heavy (non-hydrogen) atoms. The summed E-state index contributed by atoms with van der Waals surface area (Å²) in [4.78, 5) is 29.7. The van der Waals surface area contributed by atoms with Crippen molar-refractivity contribution < 1.29 is 9.90 Å². The zero-order valence-electron chi connectivity index (χ0n) is 14.2. The third-order valence-electron chi connectivity index (χ3n) is 5.01. The molecule has 2 heterocycles. The fraction of sp³-hybridized carbons (Fsp3) is 0.150. The van der Waals surface area contributed by atoms with E-state index in [1.165, 1.54) is 0 Å². The summed E-state index contributed by atoms with van der Waals surface area (Å²) in [6.45, 7) is 0. The van der Waals surface area contributed by atoms with Crippen LogP contribution in [0.3, 0.4) is 0 Å². The van der Waals surface area contributed by atoms with E-state index in [1.807, 2.05) is 18.2 Å². The van der Waals surface area contributed by atoms with Crippen molar-refractivity contribution in [2.45, 2.75) is 12.8 Å². The van der Waals surface area contributed by atoms with Gasteiger partial charge in [0, 0.05) is 33.4 Å². The SMILES string of the molecule is O=Nc1c(-c2c(O)[nH]c3ccc(NC(=O)C4CC4)cc23)[nH]c2ccccc12. The lowest BCUT2D eigenvalue weighted by atomic mass is 10.1. The molecule has 7 heteroatoms. The van der Waals surface area contributed by atoms with Gasteiger partial charge in [0.2, 0.25) is 5.91 Å². The number of carbonyl (C=O) groups excluding carboxylic acids is 1.